The minimum Gasteiger partial charge on any atom is -0.465 e. The van der Waals surface area contributed by atoms with Crippen molar-refractivity contribution in [2.45, 2.75) is 0 Å². The molecule has 1 N–H and O–H groups in total. The SMILES string of the molecule is COC(=O)c1ccc(NCC(=O)c2ccc(C#N)cc2)c([N+](=O)[O-])c1. The van der Waals surface area contributed by atoms with Crippen molar-refractivity contribution in [3.8, 4) is 6.07 Å². The zero-order valence-electron chi connectivity index (χ0n) is 13.2. The third kappa shape index (κ3) is 4.17. The van der Waals surface area contributed by atoms with Gasteiger partial charge in [0.05, 0.1) is 35.8 Å². The van der Waals surface area contributed by atoms with Gasteiger partial charge < -0.3 is 10.1 Å². The zero-order chi connectivity index (χ0) is 18.4. The summed E-state index contributed by atoms with van der Waals surface area (Å²) in [5, 5.41) is 22.6. The third-order valence-electron chi connectivity index (χ3n) is 3.39. The van der Waals surface area contributed by atoms with Crippen LogP contribution in [0.25, 0.3) is 0 Å². The Bertz CT molecular complexity index is 869. The number of ether oxygens (including phenoxy) is 1. The topological polar surface area (TPSA) is 122 Å². The molecule has 0 fully saturated rings. The number of hydrogen-bond donors (Lipinski definition) is 1. The Kier molecular flexibility index (Phi) is 5.43. The first-order valence-corrected chi connectivity index (χ1v) is 7.10. The van der Waals surface area contributed by atoms with E-state index < -0.39 is 10.9 Å². The highest BCUT2D eigenvalue weighted by Gasteiger charge is 2.18. The molecule has 0 aromatic heterocycles. The van der Waals surface area contributed by atoms with E-state index >= 15 is 0 Å². The molecule has 0 radical (unpaired) electrons. The van der Waals surface area contributed by atoms with Crippen LogP contribution in [-0.4, -0.2) is 30.3 Å². The number of methoxy groups -OCH3 is 1. The van der Waals surface area contributed by atoms with Crippen molar-refractivity contribution in [1.29, 1.82) is 5.26 Å². The van der Waals surface area contributed by atoms with Gasteiger partial charge in [0.2, 0.25) is 0 Å². The van der Waals surface area contributed by atoms with Gasteiger partial charge in [-0.1, -0.05) is 12.1 Å². The first kappa shape index (κ1) is 17.6. The van der Waals surface area contributed by atoms with Crippen LogP contribution in [0.3, 0.4) is 0 Å². The number of esters is 1. The lowest BCUT2D eigenvalue weighted by Crippen LogP contribution is -2.15. The summed E-state index contributed by atoms with van der Waals surface area (Å²) in [7, 11) is 1.18. The summed E-state index contributed by atoms with van der Waals surface area (Å²) in [6.45, 7) is -0.176. The largest absolute Gasteiger partial charge is 0.465 e. The van der Waals surface area contributed by atoms with Crippen molar-refractivity contribution in [3.63, 3.8) is 0 Å². The van der Waals surface area contributed by atoms with E-state index in [1.165, 1.54) is 43.5 Å². The van der Waals surface area contributed by atoms with Crippen LogP contribution in [0.15, 0.2) is 42.5 Å². The number of carbonyl (C=O) groups is 2. The number of nitro groups is 1. The number of nitrogens with zero attached hydrogens (tertiary/aromatic N) is 2. The van der Waals surface area contributed by atoms with Crippen LogP contribution in [0.4, 0.5) is 11.4 Å². The molecule has 0 heterocycles. The molecule has 0 saturated heterocycles. The fourth-order valence-electron chi connectivity index (χ4n) is 2.09. The van der Waals surface area contributed by atoms with Crippen molar-refractivity contribution in [2.75, 3.05) is 19.0 Å². The molecule has 0 aliphatic rings. The molecule has 0 amide bonds. The van der Waals surface area contributed by atoms with E-state index in [0.29, 0.717) is 11.1 Å². The van der Waals surface area contributed by atoms with E-state index in [9.17, 15) is 19.7 Å². The van der Waals surface area contributed by atoms with Crippen LogP contribution in [0.5, 0.6) is 0 Å². The van der Waals surface area contributed by atoms with Crippen LogP contribution in [0.1, 0.15) is 26.3 Å². The van der Waals surface area contributed by atoms with E-state index in [0.717, 1.165) is 6.07 Å². The third-order valence-corrected chi connectivity index (χ3v) is 3.39. The minimum atomic E-state index is -0.691. The molecule has 2 aromatic rings. The quantitative estimate of drug-likeness (QED) is 0.371. The molecule has 0 aliphatic carbocycles. The maximum atomic E-state index is 12.1. The molecule has 0 atom stereocenters. The lowest BCUT2D eigenvalue weighted by molar-refractivity contribution is -0.384. The molecular formula is C17H13N3O5. The van der Waals surface area contributed by atoms with E-state index in [1.807, 2.05) is 6.07 Å². The summed E-state index contributed by atoms with van der Waals surface area (Å²) >= 11 is 0. The molecule has 2 rings (SSSR count). The number of anilines is 1. The predicted molar refractivity (Wildman–Crippen MR) is 88.4 cm³/mol. The fraction of sp³-hybridized carbons (Fsp3) is 0.118. The van der Waals surface area contributed by atoms with E-state index in [1.54, 1.807) is 0 Å². The number of Topliss-reactive ketones (excluding diaryl/α,β-unsaturated/α-hetero) is 1. The summed E-state index contributed by atoms with van der Waals surface area (Å²) in [6, 6.07) is 11.8. The van der Waals surface area contributed by atoms with E-state index in [-0.39, 0.29) is 29.3 Å². The summed E-state index contributed by atoms with van der Waals surface area (Å²) in [5.41, 5.74) is 0.618. The lowest BCUT2D eigenvalue weighted by atomic mass is 10.1. The van der Waals surface area contributed by atoms with Crippen molar-refractivity contribution in [2.24, 2.45) is 0 Å². The molecule has 25 heavy (non-hydrogen) atoms. The van der Waals surface area contributed by atoms with E-state index in [2.05, 4.69) is 10.1 Å². The highest BCUT2D eigenvalue weighted by Crippen LogP contribution is 2.26. The molecule has 0 saturated carbocycles. The van der Waals surface area contributed by atoms with Gasteiger partial charge in [-0.3, -0.25) is 14.9 Å². The van der Waals surface area contributed by atoms with Gasteiger partial charge in [-0.2, -0.15) is 5.26 Å². The Balaban J connectivity index is 2.16. The highest BCUT2D eigenvalue weighted by atomic mass is 16.6. The number of nitriles is 1. The average Bonchev–Trinajstić information content (AvgIpc) is 2.65. The molecule has 0 bridgehead atoms. The standard InChI is InChI=1S/C17H13N3O5/c1-25-17(22)13-6-7-14(15(8-13)20(23)24)19-10-16(21)12-4-2-11(9-18)3-5-12/h2-8,19H,10H2,1H3. The molecule has 8 heteroatoms. The van der Waals surface area contributed by atoms with Gasteiger partial charge in [0.1, 0.15) is 5.69 Å². The summed E-state index contributed by atoms with van der Waals surface area (Å²) < 4.78 is 4.53. The highest BCUT2D eigenvalue weighted by molar-refractivity contribution is 5.99. The fourth-order valence-corrected chi connectivity index (χ4v) is 2.09. The van der Waals surface area contributed by atoms with Gasteiger partial charge in [-0.05, 0) is 24.3 Å². The van der Waals surface area contributed by atoms with Crippen molar-refractivity contribution in [1.82, 2.24) is 0 Å². The first-order chi connectivity index (χ1) is 12.0. The Labute approximate surface area is 142 Å². The normalized spacial score (nSPS) is 9.76. The second kappa shape index (κ2) is 7.70. The number of benzene rings is 2. The van der Waals surface area contributed by atoms with Crippen LogP contribution in [0.2, 0.25) is 0 Å². The van der Waals surface area contributed by atoms with Gasteiger partial charge in [0, 0.05) is 11.6 Å². The second-order valence-corrected chi connectivity index (χ2v) is 4.95. The molecule has 0 unspecified atom stereocenters. The number of hydrogen-bond acceptors (Lipinski definition) is 7. The van der Waals surface area contributed by atoms with Crippen LogP contribution >= 0.6 is 0 Å². The molecular weight excluding hydrogens is 326 g/mol. The van der Waals surface area contributed by atoms with Crippen molar-refractivity contribution < 1.29 is 19.2 Å². The summed E-state index contributed by atoms with van der Waals surface area (Å²) in [6.07, 6.45) is 0. The van der Waals surface area contributed by atoms with Gasteiger partial charge >= 0.3 is 5.97 Å². The van der Waals surface area contributed by atoms with E-state index in [4.69, 9.17) is 5.26 Å². The van der Waals surface area contributed by atoms with Gasteiger partial charge in [-0.25, -0.2) is 4.79 Å². The first-order valence-electron chi connectivity index (χ1n) is 7.10. The monoisotopic (exact) mass is 339 g/mol. The van der Waals surface area contributed by atoms with Gasteiger partial charge in [0.15, 0.2) is 5.78 Å². The van der Waals surface area contributed by atoms with Crippen LogP contribution in [0, 0.1) is 21.4 Å². The minimum absolute atomic E-state index is 0.0400. The maximum absolute atomic E-state index is 12.1. The number of carbonyl (C=O) groups excluding carboxylic acids is 2. The van der Waals surface area contributed by atoms with Crippen LogP contribution < -0.4 is 5.32 Å². The molecule has 8 nitrogen and oxygen atoms in total. The van der Waals surface area contributed by atoms with Gasteiger partial charge in [-0.15, -0.1) is 0 Å². The van der Waals surface area contributed by atoms with Crippen molar-refractivity contribution in [3.05, 3.63) is 69.3 Å². The smallest absolute Gasteiger partial charge is 0.338 e. The van der Waals surface area contributed by atoms with Crippen molar-refractivity contribution >= 4 is 23.1 Å². The molecule has 0 aliphatic heterocycles. The second-order valence-electron chi connectivity index (χ2n) is 4.95. The number of nitro benzene ring substituents is 1. The lowest BCUT2D eigenvalue weighted by Gasteiger charge is -2.08. The number of nitrogens with one attached hydrogen (secondary N) is 1. The summed E-state index contributed by atoms with van der Waals surface area (Å²) in [4.78, 5) is 34.1. The summed E-state index contributed by atoms with van der Waals surface area (Å²) in [5.74, 6) is -0.987. The number of ketones is 1. The molecule has 2 aromatic carbocycles. The predicted octanol–water partition coefficient (Wildman–Crippen LogP) is 2.55. The zero-order valence-corrected chi connectivity index (χ0v) is 13.2. The molecule has 126 valence electrons. The van der Waals surface area contributed by atoms with Crippen LogP contribution in [-0.2, 0) is 4.74 Å². The maximum Gasteiger partial charge on any atom is 0.338 e. The number of rotatable bonds is 6. The Morgan fingerprint density at radius 1 is 1.20 bits per heavy atom. The average molecular weight is 339 g/mol. The molecule has 0 spiro atoms. The Hall–Kier alpha value is -3.73. The van der Waals surface area contributed by atoms with Gasteiger partial charge in [0.25, 0.3) is 5.69 Å². The Morgan fingerprint density at radius 2 is 1.84 bits per heavy atom. The Morgan fingerprint density at radius 3 is 2.40 bits per heavy atom.